The topological polar surface area (TPSA) is 0 Å². The van der Waals surface area contributed by atoms with E-state index in [1.54, 1.807) is 23.3 Å². The molecular weight excluding hydrogens is 662 g/mol. The SMILES string of the molecule is CC(C)c1cc2c(Br)cccc2[cH-]1.CC(C)c1cc2c(Br)cccc2[cH-]1.C[Si](C)=[Zr+2].[Cl-].[Cl-]. The molecule has 0 nitrogen and oxygen atoms in total. The van der Waals surface area contributed by atoms with Crippen molar-refractivity contribution in [3.8, 4) is 0 Å². The number of halogens is 4. The van der Waals surface area contributed by atoms with Crippen LogP contribution >= 0.6 is 31.9 Å². The van der Waals surface area contributed by atoms with E-state index in [1.165, 1.54) is 41.6 Å². The van der Waals surface area contributed by atoms with Gasteiger partial charge >= 0.3 is 41.9 Å². The molecule has 0 bridgehead atoms. The molecule has 4 rings (SSSR count). The molecule has 0 aliphatic heterocycles. The Bertz CT molecular complexity index is 1040. The third kappa shape index (κ3) is 9.51. The summed E-state index contributed by atoms with van der Waals surface area (Å²) in [5.74, 6) is 1.22. The summed E-state index contributed by atoms with van der Waals surface area (Å²) in [4.78, 5) is 0. The number of hydrogen-bond acceptors (Lipinski definition) is 0. The predicted molar refractivity (Wildman–Crippen MR) is 140 cm³/mol. The van der Waals surface area contributed by atoms with Gasteiger partial charge in [-0.25, -0.2) is 0 Å². The van der Waals surface area contributed by atoms with Crippen LogP contribution in [0.25, 0.3) is 21.5 Å². The van der Waals surface area contributed by atoms with Crippen molar-refractivity contribution in [3.63, 3.8) is 0 Å². The molecule has 0 saturated carbocycles. The fourth-order valence-electron chi connectivity index (χ4n) is 3.11. The van der Waals surface area contributed by atoms with Crippen molar-refractivity contribution >= 4 is 58.8 Å². The van der Waals surface area contributed by atoms with Crippen LogP contribution in [-0.4, -0.2) is 5.43 Å². The average molecular weight is 693 g/mol. The number of benzene rings is 2. The summed E-state index contributed by atoms with van der Waals surface area (Å²) in [6.45, 7) is 13.5. The van der Waals surface area contributed by atoms with Gasteiger partial charge in [-0.1, -0.05) is 71.7 Å². The fraction of sp³-hybridized carbons (Fsp3) is 0.308. The van der Waals surface area contributed by atoms with Gasteiger partial charge in [-0.15, -0.1) is 69.1 Å². The molecular formula is C26H30Br2Cl2SiZr-2. The van der Waals surface area contributed by atoms with Gasteiger partial charge in [-0.3, -0.25) is 0 Å². The minimum absolute atomic E-state index is 0. The second kappa shape index (κ2) is 15.3. The van der Waals surface area contributed by atoms with E-state index in [0.29, 0.717) is 11.8 Å². The quantitative estimate of drug-likeness (QED) is 0.223. The van der Waals surface area contributed by atoms with Crippen molar-refractivity contribution in [2.75, 3.05) is 0 Å². The molecule has 0 aliphatic carbocycles. The predicted octanol–water partition coefficient (Wildman–Crippen LogP) is 3.68. The summed E-state index contributed by atoms with van der Waals surface area (Å²) < 4.78 is 2.38. The van der Waals surface area contributed by atoms with Gasteiger partial charge < -0.3 is 24.8 Å². The van der Waals surface area contributed by atoms with Crippen LogP contribution < -0.4 is 24.8 Å². The molecule has 0 atom stereocenters. The first-order valence-corrected chi connectivity index (χ1v) is 18.1. The zero-order chi connectivity index (χ0) is 22.4. The van der Waals surface area contributed by atoms with E-state index in [4.69, 9.17) is 0 Å². The summed E-state index contributed by atoms with van der Waals surface area (Å²) in [5, 5.41) is 5.31. The Balaban J connectivity index is 0.000000490. The fourth-order valence-corrected chi connectivity index (χ4v) is 4.10. The van der Waals surface area contributed by atoms with Crippen molar-refractivity contribution in [2.45, 2.75) is 52.6 Å². The Morgan fingerprint density at radius 2 is 1.03 bits per heavy atom. The second-order valence-corrected chi connectivity index (χ2v) is 19.5. The first kappa shape index (κ1) is 32.3. The van der Waals surface area contributed by atoms with Crippen LogP contribution in [-0.2, 0) is 23.3 Å². The van der Waals surface area contributed by atoms with Crippen LogP contribution in [0.15, 0.2) is 69.6 Å². The summed E-state index contributed by atoms with van der Waals surface area (Å²) in [6, 6.07) is 21.7. The number of fused-ring (bicyclic) bond motifs is 2. The maximum atomic E-state index is 3.56. The van der Waals surface area contributed by atoms with Crippen LogP contribution in [0.5, 0.6) is 0 Å². The third-order valence-electron chi connectivity index (χ3n) is 4.77. The molecule has 172 valence electrons. The van der Waals surface area contributed by atoms with Gasteiger partial charge in [0.25, 0.3) is 0 Å². The monoisotopic (exact) mass is 688 g/mol. The normalized spacial score (nSPS) is 10.1. The maximum absolute atomic E-state index is 3.56. The smallest absolute Gasteiger partial charge is 1.00 e. The molecule has 32 heavy (non-hydrogen) atoms. The summed E-state index contributed by atoms with van der Waals surface area (Å²) in [5.41, 5.74) is 3.05. The summed E-state index contributed by atoms with van der Waals surface area (Å²) in [6.07, 6.45) is 0. The Morgan fingerprint density at radius 3 is 1.28 bits per heavy atom. The van der Waals surface area contributed by atoms with Crippen LogP contribution in [0.1, 0.15) is 50.7 Å². The van der Waals surface area contributed by atoms with Gasteiger partial charge in [0.15, 0.2) is 0 Å². The molecule has 0 radical (unpaired) electrons. The van der Waals surface area contributed by atoms with Gasteiger partial charge in [0.05, 0.1) is 0 Å². The zero-order valence-electron chi connectivity index (χ0n) is 19.4. The van der Waals surface area contributed by atoms with E-state index >= 15 is 0 Å². The average Bonchev–Trinajstić information content (AvgIpc) is 3.27. The van der Waals surface area contributed by atoms with Gasteiger partial charge in [-0.2, -0.15) is 12.1 Å². The molecule has 0 saturated heterocycles. The van der Waals surface area contributed by atoms with Crippen LogP contribution in [0.3, 0.4) is 0 Å². The molecule has 0 aromatic heterocycles. The van der Waals surface area contributed by atoms with Crippen LogP contribution in [0, 0.1) is 0 Å². The van der Waals surface area contributed by atoms with Crippen molar-refractivity contribution in [1.29, 1.82) is 0 Å². The van der Waals surface area contributed by atoms with E-state index in [1.807, 2.05) is 0 Å². The van der Waals surface area contributed by atoms with E-state index in [-0.39, 0.29) is 30.2 Å². The van der Waals surface area contributed by atoms with Gasteiger partial charge in [0, 0.05) is 0 Å². The Kier molecular flexibility index (Phi) is 15.5. The minimum Gasteiger partial charge on any atom is -1.00 e. The standard InChI is InChI=1S/2C12H12Br.C2H6Si.2ClH.Zr/c2*1-8(2)10-6-9-4-3-5-12(13)11(9)7-10;1-3-2;;;/h2*3-8H,1-2H3;1-2H3;2*1H;/q2*-1;;;;+2/p-2. The maximum Gasteiger partial charge on any atom is -1.00 e. The Labute approximate surface area is 238 Å². The summed E-state index contributed by atoms with van der Waals surface area (Å²) >= 11 is 8.86. The molecule has 4 aromatic carbocycles. The van der Waals surface area contributed by atoms with Crippen LogP contribution in [0.4, 0.5) is 0 Å². The van der Waals surface area contributed by atoms with E-state index in [0.717, 1.165) is 0 Å². The van der Waals surface area contributed by atoms with Crippen molar-refractivity contribution < 1.29 is 48.1 Å². The Hall–Kier alpha value is 0.300. The molecule has 0 heterocycles. The van der Waals surface area contributed by atoms with Crippen molar-refractivity contribution in [1.82, 2.24) is 0 Å². The zero-order valence-corrected chi connectivity index (χ0v) is 27.6. The molecule has 0 spiro atoms. The Morgan fingerprint density at radius 1 is 0.719 bits per heavy atom. The van der Waals surface area contributed by atoms with E-state index < -0.39 is 0 Å². The van der Waals surface area contributed by atoms with E-state index in [2.05, 4.69) is 133 Å². The van der Waals surface area contributed by atoms with Gasteiger partial charge in [0.1, 0.15) is 0 Å². The molecule has 0 aliphatic rings. The van der Waals surface area contributed by atoms with Crippen LogP contribution in [0.2, 0.25) is 13.1 Å². The molecule has 6 heteroatoms. The molecule has 0 unspecified atom stereocenters. The van der Waals surface area contributed by atoms with E-state index in [9.17, 15) is 0 Å². The van der Waals surface area contributed by atoms with Crippen molar-refractivity contribution in [2.24, 2.45) is 0 Å². The van der Waals surface area contributed by atoms with Crippen molar-refractivity contribution in [3.05, 3.63) is 80.7 Å². The first-order valence-electron chi connectivity index (χ1n) is 10.3. The summed E-state index contributed by atoms with van der Waals surface area (Å²) in [7, 11) is 0. The molecule has 4 aromatic rings. The van der Waals surface area contributed by atoms with Gasteiger partial charge in [0.2, 0.25) is 0 Å². The first-order chi connectivity index (χ1) is 14.1. The number of hydrogen-bond donors (Lipinski definition) is 0. The third-order valence-corrected chi connectivity index (χ3v) is 6.16. The second-order valence-electron chi connectivity index (χ2n) is 8.37. The minimum atomic E-state index is 0. The number of rotatable bonds is 2. The molecule has 0 fully saturated rings. The molecule has 0 N–H and O–H groups in total. The largest absolute Gasteiger partial charge is 1.00 e. The van der Waals surface area contributed by atoms with Gasteiger partial charge in [-0.05, 0) is 20.8 Å². The molecule has 0 amide bonds.